The van der Waals surface area contributed by atoms with Crippen molar-refractivity contribution in [1.29, 1.82) is 0 Å². The molecule has 16 heteroatoms. The minimum atomic E-state index is -3.22. The Labute approximate surface area is 211 Å². The van der Waals surface area contributed by atoms with E-state index in [2.05, 4.69) is 10.3 Å². The molecule has 37 heavy (non-hydrogen) atoms. The monoisotopic (exact) mass is 546 g/mol. The molecule has 0 spiro atoms. The predicted octanol–water partition coefficient (Wildman–Crippen LogP) is 2.09. The number of carbonyl (C=O) groups is 3. The molecule has 1 aromatic carbocycles. The summed E-state index contributed by atoms with van der Waals surface area (Å²) < 4.78 is 59.7. The van der Waals surface area contributed by atoms with Crippen LogP contribution in [0.5, 0.6) is 0 Å². The Morgan fingerprint density at radius 3 is 2.59 bits per heavy atom. The van der Waals surface area contributed by atoms with E-state index in [1.807, 2.05) is 5.32 Å². The van der Waals surface area contributed by atoms with E-state index in [0.717, 1.165) is 27.0 Å². The molecule has 2 aromatic rings. The number of ether oxygens (including phenoxy) is 1. The first-order chi connectivity index (χ1) is 17.7. The highest BCUT2D eigenvalue weighted by atomic mass is 32.1. The number of urea groups is 1. The summed E-state index contributed by atoms with van der Waals surface area (Å²) in [5.74, 6) is -3.44. The molecule has 1 unspecified atom stereocenters. The van der Waals surface area contributed by atoms with Crippen LogP contribution in [0.25, 0.3) is 0 Å². The van der Waals surface area contributed by atoms with Gasteiger partial charge in [0.1, 0.15) is 11.8 Å². The lowest BCUT2D eigenvalue weighted by Gasteiger charge is -2.24. The number of hydroxylamine groups is 2. The Balaban J connectivity index is 1.37. The second-order valence-electron chi connectivity index (χ2n) is 7.97. The third-order valence-electron chi connectivity index (χ3n) is 5.51. The van der Waals surface area contributed by atoms with Crippen LogP contribution in [-0.2, 0) is 20.9 Å². The first-order valence-electron chi connectivity index (χ1n) is 11.1. The summed E-state index contributed by atoms with van der Waals surface area (Å²) in [5, 5.41) is 5.69. The number of amides is 4. The van der Waals surface area contributed by atoms with Crippen LogP contribution in [-0.4, -0.2) is 79.9 Å². The first-order valence-corrected chi connectivity index (χ1v) is 11.9. The molecule has 4 rings (SSSR count). The number of thiazole rings is 1. The smallest absolute Gasteiger partial charge is 0.414 e. The largest absolute Gasteiger partial charge is 0.442 e. The standard InChI is InChI=1S/C21H22F4N6O5S/c22-15-5-12(30-10-13(36-21(30)34)7-27-19(32)18(24)25)6-16(23)17(15)29-1-2-31(35-4-3-29)20(33)28-9-14-8-26-11-37-14/h5-6,8,11,13,18H,1-4,7,9-10H2,(H,27,32)(H,28,33). The number of benzene rings is 1. The van der Waals surface area contributed by atoms with E-state index in [4.69, 9.17) is 9.57 Å². The minimum Gasteiger partial charge on any atom is -0.442 e. The van der Waals surface area contributed by atoms with Crippen molar-refractivity contribution < 1.29 is 41.5 Å². The summed E-state index contributed by atoms with van der Waals surface area (Å²) in [6, 6.07) is 1.40. The van der Waals surface area contributed by atoms with Crippen LogP contribution in [0.15, 0.2) is 23.8 Å². The number of carbonyl (C=O) groups excluding carboxylic acids is 3. The summed E-state index contributed by atoms with van der Waals surface area (Å²) in [6.45, 7) is -0.155. The van der Waals surface area contributed by atoms with Gasteiger partial charge in [0.05, 0.1) is 44.0 Å². The molecule has 1 atom stereocenters. The molecule has 0 saturated carbocycles. The molecule has 0 aliphatic carbocycles. The number of halogens is 4. The molecule has 2 fully saturated rings. The van der Waals surface area contributed by atoms with Gasteiger partial charge in [-0.2, -0.15) is 8.78 Å². The average molecular weight is 547 g/mol. The van der Waals surface area contributed by atoms with Crippen molar-refractivity contribution in [1.82, 2.24) is 20.7 Å². The van der Waals surface area contributed by atoms with Crippen LogP contribution in [0.4, 0.5) is 38.5 Å². The number of nitrogens with zero attached hydrogens (tertiary/aromatic N) is 4. The second kappa shape index (κ2) is 11.6. The Kier molecular flexibility index (Phi) is 8.27. The average Bonchev–Trinajstić information content (AvgIpc) is 3.44. The lowest BCUT2D eigenvalue weighted by Crippen LogP contribution is -2.41. The molecule has 2 N–H and O–H groups in total. The van der Waals surface area contributed by atoms with Crippen LogP contribution in [0.3, 0.4) is 0 Å². The SMILES string of the molecule is O=C(NCC1CN(c2cc(F)c(N3CCON(C(=O)NCc4cncs4)CC3)c(F)c2)C(=O)O1)C(F)F. The van der Waals surface area contributed by atoms with Gasteiger partial charge in [0.25, 0.3) is 5.91 Å². The maximum absolute atomic E-state index is 15.0. The highest BCUT2D eigenvalue weighted by Gasteiger charge is 2.34. The van der Waals surface area contributed by atoms with Crippen LogP contribution in [0.1, 0.15) is 4.88 Å². The molecule has 200 valence electrons. The molecule has 0 bridgehead atoms. The zero-order valence-electron chi connectivity index (χ0n) is 19.2. The van der Waals surface area contributed by atoms with Gasteiger partial charge in [0.15, 0.2) is 11.6 Å². The van der Waals surface area contributed by atoms with Crippen molar-refractivity contribution in [2.45, 2.75) is 19.1 Å². The molecule has 3 heterocycles. The zero-order chi connectivity index (χ0) is 26.5. The summed E-state index contributed by atoms with van der Waals surface area (Å²) in [4.78, 5) is 48.1. The number of aromatic nitrogens is 1. The normalized spacial score (nSPS) is 18.1. The third kappa shape index (κ3) is 6.37. The van der Waals surface area contributed by atoms with E-state index in [1.54, 1.807) is 11.7 Å². The van der Waals surface area contributed by atoms with E-state index in [-0.39, 0.29) is 57.3 Å². The van der Waals surface area contributed by atoms with Crippen molar-refractivity contribution in [2.75, 3.05) is 49.1 Å². The summed E-state index contributed by atoms with van der Waals surface area (Å²) >= 11 is 1.38. The molecule has 0 radical (unpaired) electrons. The molecule has 11 nitrogen and oxygen atoms in total. The number of anilines is 2. The lowest BCUT2D eigenvalue weighted by molar-refractivity contribution is -0.132. The number of hydrogen-bond donors (Lipinski definition) is 2. The number of rotatable bonds is 7. The van der Waals surface area contributed by atoms with Gasteiger partial charge in [0.2, 0.25) is 0 Å². The maximum Gasteiger partial charge on any atom is 0.414 e. The topological polar surface area (TPSA) is 116 Å². The molecule has 2 saturated heterocycles. The lowest BCUT2D eigenvalue weighted by atomic mass is 10.2. The van der Waals surface area contributed by atoms with E-state index >= 15 is 8.78 Å². The van der Waals surface area contributed by atoms with Crippen LogP contribution < -0.4 is 20.4 Å². The number of nitrogens with one attached hydrogen (secondary N) is 2. The fourth-order valence-electron chi connectivity index (χ4n) is 3.75. The van der Waals surface area contributed by atoms with Crippen molar-refractivity contribution >= 4 is 40.7 Å². The Morgan fingerprint density at radius 2 is 1.92 bits per heavy atom. The van der Waals surface area contributed by atoms with Crippen LogP contribution in [0.2, 0.25) is 0 Å². The van der Waals surface area contributed by atoms with Gasteiger partial charge in [-0.3, -0.25) is 19.5 Å². The molecule has 2 aliphatic heterocycles. The van der Waals surface area contributed by atoms with Crippen molar-refractivity contribution in [3.63, 3.8) is 0 Å². The van der Waals surface area contributed by atoms with Crippen molar-refractivity contribution in [3.8, 4) is 0 Å². The Bertz CT molecular complexity index is 1120. The molecule has 2 aliphatic rings. The molecule has 1 aromatic heterocycles. The van der Waals surface area contributed by atoms with E-state index in [1.165, 1.54) is 16.2 Å². The van der Waals surface area contributed by atoms with Gasteiger partial charge in [-0.25, -0.2) is 23.4 Å². The highest BCUT2D eigenvalue weighted by molar-refractivity contribution is 7.09. The number of cyclic esters (lactones) is 1. The fraction of sp³-hybridized carbons (Fsp3) is 0.429. The Morgan fingerprint density at radius 1 is 1.16 bits per heavy atom. The minimum absolute atomic E-state index is 0.0148. The van der Waals surface area contributed by atoms with Crippen LogP contribution >= 0.6 is 11.3 Å². The van der Waals surface area contributed by atoms with Gasteiger partial charge in [-0.15, -0.1) is 11.3 Å². The van der Waals surface area contributed by atoms with Crippen molar-refractivity contribution in [3.05, 3.63) is 40.4 Å². The van der Waals surface area contributed by atoms with Gasteiger partial charge in [-0.1, -0.05) is 0 Å². The number of alkyl halides is 2. The predicted molar refractivity (Wildman–Crippen MR) is 122 cm³/mol. The third-order valence-corrected chi connectivity index (χ3v) is 6.29. The summed E-state index contributed by atoms with van der Waals surface area (Å²) in [6.07, 6.45) is -3.51. The quantitative estimate of drug-likeness (QED) is 0.511. The summed E-state index contributed by atoms with van der Waals surface area (Å²) in [5.41, 5.74) is 1.14. The van der Waals surface area contributed by atoms with Crippen LogP contribution in [0, 0.1) is 11.6 Å². The second-order valence-corrected chi connectivity index (χ2v) is 8.94. The van der Waals surface area contributed by atoms with Gasteiger partial charge in [-0.05, 0) is 0 Å². The van der Waals surface area contributed by atoms with E-state index in [9.17, 15) is 23.2 Å². The van der Waals surface area contributed by atoms with Gasteiger partial charge < -0.3 is 20.3 Å². The van der Waals surface area contributed by atoms with Crippen molar-refractivity contribution in [2.24, 2.45) is 0 Å². The summed E-state index contributed by atoms with van der Waals surface area (Å²) in [7, 11) is 0. The molecular weight excluding hydrogens is 524 g/mol. The molecule has 4 amide bonds. The Hall–Kier alpha value is -3.66. The van der Waals surface area contributed by atoms with Gasteiger partial charge in [0, 0.05) is 36.3 Å². The van der Waals surface area contributed by atoms with Gasteiger partial charge >= 0.3 is 18.5 Å². The zero-order valence-corrected chi connectivity index (χ0v) is 20.0. The fourth-order valence-corrected chi connectivity index (χ4v) is 4.29. The first kappa shape index (κ1) is 26.4. The van der Waals surface area contributed by atoms with E-state index in [0.29, 0.717) is 0 Å². The maximum atomic E-state index is 15.0. The van der Waals surface area contributed by atoms with E-state index < -0.39 is 42.2 Å². The molecular formula is C21H22F4N6O5S. The number of hydrogen-bond acceptors (Lipinski definition) is 8. The highest BCUT2D eigenvalue weighted by Crippen LogP contribution is 2.31.